The molecule has 0 fully saturated rings. The number of ether oxygens (including phenoxy) is 1. The lowest BCUT2D eigenvalue weighted by molar-refractivity contribution is 0.104. The van der Waals surface area contributed by atoms with Gasteiger partial charge in [0.1, 0.15) is 18.5 Å². The van der Waals surface area contributed by atoms with Crippen LogP contribution < -0.4 is 10.1 Å². The summed E-state index contributed by atoms with van der Waals surface area (Å²) in [6.07, 6.45) is 0.676. The number of aliphatic hydroxyl groups excluding tert-OH is 2. The van der Waals surface area contributed by atoms with Crippen LogP contribution in [0.15, 0.2) is 24.3 Å². The van der Waals surface area contributed by atoms with E-state index in [0.29, 0.717) is 19.5 Å². The van der Waals surface area contributed by atoms with Gasteiger partial charge in [0.25, 0.3) is 0 Å². The standard InChI is InChI=1S/C15H25NO3/c1-3-13(17)7-8-16-10-14(18)11-19-15-6-4-5-12(2)9-15/h4-6,9,13-14,16-18H,3,7-8,10-11H2,1-2H3. The minimum Gasteiger partial charge on any atom is -0.491 e. The van der Waals surface area contributed by atoms with Crippen molar-refractivity contribution >= 4 is 0 Å². The summed E-state index contributed by atoms with van der Waals surface area (Å²) in [4.78, 5) is 0. The lowest BCUT2D eigenvalue weighted by atomic mass is 10.2. The Kier molecular flexibility index (Phi) is 7.48. The molecule has 19 heavy (non-hydrogen) atoms. The second-order valence-electron chi connectivity index (χ2n) is 4.84. The van der Waals surface area contributed by atoms with Crippen molar-refractivity contribution in [3.8, 4) is 5.75 Å². The molecule has 0 saturated carbocycles. The SMILES string of the molecule is CCC(O)CCNCC(O)COc1cccc(C)c1. The van der Waals surface area contributed by atoms with Gasteiger partial charge in [-0.05, 0) is 44.0 Å². The molecule has 1 rings (SSSR count). The minimum atomic E-state index is -0.542. The number of aryl methyl sites for hydroxylation is 1. The Hall–Kier alpha value is -1.10. The first-order chi connectivity index (χ1) is 9.11. The highest BCUT2D eigenvalue weighted by atomic mass is 16.5. The van der Waals surface area contributed by atoms with Crippen LogP contribution in [0.1, 0.15) is 25.3 Å². The van der Waals surface area contributed by atoms with E-state index in [1.165, 1.54) is 0 Å². The van der Waals surface area contributed by atoms with Crippen molar-refractivity contribution in [3.05, 3.63) is 29.8 Å². The van der Waals surface area contributed by atoms with E-state index in [9.17, 15) is 10.2 Å². The number of nitrogens with one attached hydrogen (secondary N) is 1. The van der Waals surface area contributed by atoms with Crippen LogP contribution in [0.4, 0.5) is 0 Å². The van der Waals surface area contributed by atoms with Crippen LogP contribution in [-0.2, 0) is 0 Å². The third-order valence-electron chi connectivity index (χ3n) is 2.94. The molecular weight excluding hydrogens is 242 g/mol. The number of hydrogen-bond acceptors (Lipinski definition) is 4. The van der Waals surface area contributed by atoms with Crippen molar-refractivity contribution in [2.24, 2.45) is 0 Å². The van der Waals surface area contributed by atoms with E-state index in [2.05, 4.69) is 5.32 Å². The Morgan fingerprint density at radius 2 is 2.05 bits per heavy atom. The molecular formula is C15H25NO3. The Morgan fingerprint density at radius 1 is 1.26 bits per heavy atom. The maximum absolute atomic E-state index is 9.75. The molecule has 0 bridgehead atoms. The van der Waals surface area contributed by atoms with Gasteiger partial charge in [0.2, 0.25) is 0 Å². The number of benzene rings is 1. The lowest BCUT2D eigenvalue weighted by Crippen LogP contribution is -2.33. The predicted octanol–water partition coefficient (Wildman–Crippen LogP) is 1.49. The highest BCUT2D eigenvalue weighted by Gasteiger charge is 2.06. The zero-order valence-electron chi connectivity index (χ0n) is 11.8. The molecule has 0 radical (unpaired) electrons. The highest BCUT2D eigenvalue weighted by Crippen LogP contribution is 2.12. The molecule has 4 nitrogen and oxygen atoms in total. The molecule has 0 heterocycles. The van der Waals surface area contributed by atoms with Gasteiger partial charge in [0.15, 0.2) is 0 Å². The number of rotatable bonds is 9. The number of hydrogen-bond donors (Lipinski definition) is 3. The van der Waals surface area contributed by atoms with Crippen LogP contribution in [0.5, 0.6) is 5.75 Å². The first-order valence-corrected chi connectivity index (χ1v) is 6.88. The average Bonchev–Trinajstić information content (AvgIpc) is 2.41. The molecule has 3 N–H and O–H groups in total. The molecule has 4 heteroatoms. The van der Waals surface area contributed by atoms with E-state index in [1.807, 2.05) is 38.1 Å². The fourth-order valence-corrected chi connectivity index (χ4v) is 1.70. The van der Waals surface area contributed by atoms with Crippen molar-refractivity contribution in [2.75, 3.05) is 19.7 Å². The summed E-state index contributed by atoms with van der Waals surface area (Å²) >= 11 is 0. The molecule has 2 atom stereocenters. The lowest BCUT2D eigenvalue weighted by Gasteiger charge is -2.14. The van der Waals surface area contributed by atoms with Gasteiger partial charge in [0.05, 0.1) is 6.10 Å². The van der Waals surface area contributed by atoms with Gasteiger partial charge in [-0.15, -0.1) is 0 Å². The van der Waals surface area contributed by atoms with E-state index >= 15 is 0 Å². The van der Waals surface area contributed by atoms with E-state index < -0.39 is 6.10 Å². The van der Waals surface area contributed by atoms with Crippen LogP contribution in [0, 0.1) is 6.92 Å². The van der Waals surface area contributed by atoms with Gasteiger partial charge in [-0.2, -0.15) is 0 Å². The molecule has 0 amide bonds. The van der Waals surface area contributed by atoms with E-state index in [-0.39, 0.29) is 12.7 Å². The van der Waals surface area contributed by atoms with Crippen LogP contribution in [-0.4, -0.2) is 42.1 Å². The number of aliphatic hydroxyl groups is 2. The summed E-state index contributed by atoms with van der Waals surface area (Å²) < 4.78 is 5.51. The summed E-state index contributed by atoms with van der Waals surface area (Å²) in [5.41, 5.74) is 1.14. The summed E-state index contributed by atoms with van der Waals surface area (Å²) in [5, 5.41) is 22.2. The molecule has 1 aromatic rings. The van der Waals surface area contributed by atoms with Crippen LogP contribution in [0.2, 0.25) is 0 Å². The van der Waals surface area contributed by atoms with Crippen molar-refractivity contribution in [3.63, 3.8) is 0 Å². The predicted molar refractivity (Wildman–Crippen MR) is 76.5 cm³/mol. The first kappa shape index (κ1) is 16.0. The summed E-state index contributed by atoms with van der Waals surface area (Å²) in [6.45, 7) is 5.41. The van der Waals surface area contributed by atoms with Gasteiger partial charge in [0, 0.05) is 6.54 Å². The van der Waals surface area contributed by atoms with E-state index in [0.717, 1.165) is 17.7 Å². The van der Waals surface area contributed by atoms with Crippen molar-refractivity contribution in [1.29, 1.82) is 0 Å². The molecule has 1 aromatic carbocycles. The molecule has 0 aromatic heterocycles. The second-order valence-corrected chi connectivity index (χ2v) is 4.84. The van der Waals surface area contributed by atoms with Gasteiger partial charge >= 0.3 is 0 Å². The molecule has 0 aliphatic carbocycles. The average molecular weight is 267 g/mol. The molecule has 108 valence electrons. The van der Waals surface area contributed by atoms with Crippen LogP contribution in [0.25, 0.3) is 0 Å². The third-order valence-corrected chi connectivity index (χ3v) is 2.94. The largest absolute Gasteiger partial charge is 0.491 e. The first-order valence-electron chi connectivity index (χ1n) is 6.88. The molecule has 0 saturated heterocycles. The Labute approximate surface area is 115 Å². The Morgan fingerprint density at radius 3 is 2.74 bits per heavy atom. The molecule has 0 aliphatic rings. The highest BCUT2D eigenvalue weighted by molar-refractivity contribution is 5.27. The topological polar surface area (TPSA) is 61.7 Å². The van der Waals surface area contributed by atoms with Crippen LogP contribution in [0.3, 0.4) is 0 Å². The maximum Gasteiger partial charge on any atom is 0.119 e. The zero-order valence-corrected chi connectivity index (χ0v) is 11.8. The minimum absolute atomic E-state index is 0.256. The molecule has 0 spiro atoms. The van der Waals surface area contributed by atoms with Crippen LogP contribution >= 0.6 is 0 Å². The Balaban J connectivity index is 2.12. The maximum atomic E-state index is 9.75. The monoisotopic (exact) mass is 267 g/mol. The quantitative estimate of drug-likeness (QED) is 0.593. The fraction of sp³-hybridized carbons (Fsp3) is 0.600. The van der Waals surface area contributed by atoms with Crippen molar-refractivity contribution < 1.29 is 14.9 Å². The van der Waals surface area contributed by atoms with Gasteiger partial charge in [-0.25, -0.2) is 0 Å². The zero-order chi connectivity index (χ0) is 14.1. The van der Waals surface area contributed by atoms with Crippen molar-refractivity contribution in [1.82, 2.24) is 5.32 Å². The smallest absolute Gasteiger partial charge is 0.119 e. The summed E-state index contributed by atoms with van der Waals surface area (Å²) in [5.74, 6) is 0.778. The van der Waals surface area contributed by atoms with E-state index in [4.69, 9.17) is 4.74 Å². The molecule has 2 unspecified atom stereocenters. The molecule has 0 aliphatic heterocycles. The van der Waals surface area contributed by atoms with Gasteiger partial charge in [-0.1, -0.05) is 19.1 Å². The fourth-order valence-electron chi connectivity index (χ4n) is 1.70. The van der Waals surface area contributed by atoms with E-state index in [1.54, 1.807) is 0 Å². The summed E-state index contributed by atoms with van der Waals surface area (Å²) in [6, 6.07) is 7.76. The summed E-state index contributed by atoms with van der Waals surface area (Å²) in [7, 11) is 0. The normalized spacial score (nSPS) is 14.1. The van der Waals surface area contributed by atoms with Gasteiger partial charge < -0.3 is 20.3 Å². The van der Waals surface area contributed by atoms with Gasteiger partial charge in [-0.3, -0.25) is 0 Å². The third kappa shape index (κ3) is 7.15. The Bertz CT molecular complexity index is 357. The second kappa shape index (κ2) is 8.91. The van der Waals surface area contributed by atoms with Crippen molar-refractivity contribution in [2.45, 2.75) is 38.9 Å².